The van der Waals surface area contributed by atoms with E-state index in [0.29, 0.717) is 10.7 Å². The molecule has 92 valence electrons. The molecule has 1 amide bonds. The van der Waals surface area contributed by atoms with Crippen LogP contribution in [0.5, 0.6) is 0 Å². The molecule has 17 heavy (non-hydrogen) atoms. The highest BCUT2D eigenvalue weighted by Gasteiger charge is 2.38. The molecule has 1 aliphatic heterocycles. The van der Waals surface area contributed by atoms with Crippen molar-refractivity contribution in [3.05, 3.63) is 10.6 Å². The molecule has 0 aromatic carbocycles. The van der Waals surface area contributed by atoms with Crippen molar-refractivity contribution in [2.75, 3.05) is 11.2 Å². The predicted molar refractivity (Wildman–Crippen MR) is 64.8 cm³/mol. The van der Waals surface area contributed by atoms with E-state index in [1.54, 1.807) is 18.7 Å². The Bertz CT molecular complexity index is 513. The number of nitrogens with zero attached hydrogens (tertiary/aromatic N) is 4. The second kappa shape index (κ2) is 4.32. The summed E-state index contributed by atoms with van der Waals surface area (Å²) in [5.41, 5.74) is 0.412. The molecule has 0 fully saturated rings. The third-order valence-electron chi connectivity index (χ3n) is 2.49. The molecule has 8 heteroatoms. The van der Waals surface area contributed by atoms with Crippen molar-refractivity contribution in [2.24, 2.45) is 7.05 Å². The monoisotopic (exact) mass is 274 g/mol. The molecule has 1 atom stereocenters. The van der Waals surface area contributed by atoms with Crippen molar-refractivity contribution in [2.45, 2.75) is 18.3 Å². The molecule has 2 heterocycles. The zero-order valence-electron chi connectivity index (χ0n) is 9.51. The van der Waals surface area contributed by atoms with Gasteiger partial charge in [0.25, 0.3) is 11.9 Å². The van der Waals surface area contributed by atoms with Gasteiger partial charge in [-0.25, -0.2) is 9.58 Å². The predicted octanol–water partition coefficient (Wildman–Crippen LogP) is 0.715. The normalized spacial score (nSPS) is 20.6. The lowest BCUT2D eigenvalue weighted by molar-refractivity contribution is -0.115. The van der Waals surface area contributed by atoms with Crippen LogP contribution in [0.3, 0.4) is 0 Å². The second-order valence-electron chi connectivity index (χ2n) is 3.57. The highest BCUT2D eigenvalue weighted by atomic mass is 35.5. The van der Waals surface area contributed by atoms with Crippen LogP contribution < -0.4 is 4.90 Å². The van der Waals surface area contributed by atoms with E-state index >= 15 is 0 Å². The van der Waals surface area contributed by atoms with E-state index in [2.05, 4.69) is 10.1 Å². The fourth-order valence-corrected chi connectivity index (χ4v) is 2.20. The number of aliphatic hydroxyl groups excluding tert-OH is 1. The SMILES string of the molecule is CSc1nc(N2C(=O)C(Cl)=C(C)C2O)nn1C. The quantitative estimate of drug-likeness (QED) is 0.805. The van der Waals surface area contributed by atoms with Gasteiger partial charge < -0.3 is 5.11 Å². The second-order valence-corrected chi connectivity index (χ2v) is 4.72. The molecule has 1 aromatic rings. The number of rotatable bonds is 2. The minimum Gasteiger partial charge on any atom is -0.369 e. The summed E-state index contributed by atoms with van der Waals surface area (Å²) in [6.45, 7) is 1.60. The summed E-state index contributed by atoms with van der Waals surface area (Å²) in [5.74, 6) is -0.320. The van der Waals surface area contributed by atoms with Crippen LogP contribution in [0.1, 0.15) is 6.92 Å². The Labute approximate surface area is 107 Å². The topological polar surface area (TPSA) is 71.2 Å². The van der Waals surface area contributed by atoms with Crippen LogP contribution in [0.4, 0.5) is 5.95 Å². The van der Waals surface area contributed by atoms with E-state index in [9.17, 15) is 9.90 Å². The maximum atomic E-state index is 11.8. The van der Waals surface area contributed by atoms with Crippen LogP contribution in [0.15, 0.2) is 15.8 Å². The third-order valence-corrected chi connectivity index (χ3v) is 3.68. The van der Waals surface area contributed by atoms with Crippen molar-refractivity contribution in [3.63, 3.8) is 0 Å². The Morgan fingerprint density at radius 2 is 2.18 bits per heavy atom. The maximum absolute atomic E-state index is 11.8. The van der Waals surface area contributed by atoms with Crippen LogP contribution in [-0.2, 0) is 11.8 Å². The van der Waals surface area contributed by atoms with Crippen molar-refractivity contribution >= 4 is 35.2 Å². The zero-order chi connectivity index (χ0) is 12.7. The van der Waals surface area contributed by atoms with E-state index in [1.807, 2.05) is 6.26 Å². The van der Waals surface area contributed by atoms with Crippen LogP contribution in [0.25, 0.3) is 0 Å². The molecular formula is C9H11ClN4O2S. The number of hydrogen-bond donors (Lipinski definition) is 1. The number of thioether (sulfide) groups is 1. The van der Waals surface area contributed by atoms with Crippen LogP contribution in [0.2, 0.25) is 0 Å². The van der Waals surface area contributed by atoms with Crippen LogP contribution in [0, 0.1) is 0 Å². The lowest BCUT2D eigenvalue weighted by atomic mass is 10.3. The van der Waals surface area contributed by atoms with Gasteiger partial charge in [-0.15, -0.1) is 5.10 Å². The first-order valence-corrected chi connectivity index (χ1v) is 6.40. The Hall–Kier alpha value is -1.05. The molecule has 0 radical (unpaired) electrons. The summed E-state index contributed by atoms with van der Waals surface area (Å²) in [4.78, 5) is 17.1. The van der Waals surface area contributed by atoms with Crippen LogP contribution in [-0.4, -0.2) is 38.3 Å². The largest absolute Gasteiger partial charge is 0.369 e. The van der Waals surface area contributed by atoms with Crippen LogP contribution >= 0.6 is 23.4 Å². The zero-order valence-corrected chi connectivity index (χ0v) is 11.1. The van der Waals surface area contributed by atoms with E-state index < -0.39 is 12.1 Å². The fourth-order valence-electron chi connectivity index (χ4n) is 1.53. The summed E-state index contributed by atoms with van der Waals surface area (Å²) in [6.07, 6.45) is 0.763. The number of aromatic nitrogens is 3. The maximum Gasteiger partial charge on any atom is 0.274 e. The molecule has 0 spiro atoms. The third kappa shape index (κ3) is 1.84. The van der Waals surface area contributed by atoms with Crippen molar-refractivity contribution in [1.29, 1.82) is 0 Å². The number of carbonyl (C=O) groups is 1. The van der Waals surface area contributed by atoms with E-state index in [4.69, 9.17) is 11.6 Å². The molecule has 1 N–H and O–H groups in total. The molecule has 1 unspecified atom stereocenters. The number of aliphatic hydroxyl groups is 1. The van der Waals surface area contributed by atoms with Crippen molar-refractivity contribution < 1.29 is 9.90 Å². The molecule has 6 nitrogen and oxygen atoms in total. The molecule has 1 aromatic heterocycles. The van der Waals surface area contributed by atoms with Gasteiger partial charge in [-0.05, 0) is 13.2 Å². The number of anilines is 1. The summed E-state index contributed by atoms with van der Waals surface area (Å²) in [5, 5.41) is 14.6. The highest BCUT2D eigenvalue weighted by Crippen LogP contribution is 2.30. The lowest BCUT2D eigenvalue weighted by Gasteiger charge is -2.17. The summed E-state index contributed by atoms with van der Waals surface area (Å²) in [6, 6.07) is 0. The minimum atomic E-state index is -1.09. The first-order chi connectivity index (χ1) is 7.97. The number of carbonyl (C=O) groups excluding carboxylic acids is 1. The van der Waals surface area contributed by atoms with Gasteiger partial charge in [-0.2, -0.15) is 4.98 Å². The van der Waals surface area contributed by atoms with Gasteiger partial charge in [-0.1, -0.05) is 23.4 Å². The molecule has 0 saturated carbocycles. The molecule has 0 aliphatic carbocycles. The average molecular weight is 275 g/mol. The summed E-state index contributed by atoms with van der Waals surface area (Å²) in [7, 11) is 1.72. The molecule has 0 bridgehead atoms. The average Bonchev–Trinajstić information content (AvgIpc) is 2.75. The Morgan fingerprint density at radius 3 is 2.59 bits per heavy atom. The first-order valence-electron chi connectivity index (χ1n) is 4.80. The van der Waals surface area contributed by atoms with Crippen molar-refractivity contribution in [3.8, 4) is 0 Å². The Morgan fingerprint density at radius 1 is 1.53 bits per heavy atom. The van der Waals surface area contributed by atoms with Gasteiger partial charge in [0.05, 0.1) is 0 Å². The van der Waals surface area contributed by atoms with Gasteiger partial charge in [0, 0.05) is 12.6 Å². The van der Waals surface area contributed by atoms with E-state index in [-0.39, 0.29) is 11.0 Å². The number of amides is 1. The first kappa shape index (κ1) is 12.4. The Balaban J connectivity index is 2.39. The molecule has 0 saturated heterocycles. The van der Waals surface area contributed by atoms with Gasteiger partial charge in [0.15, 0.2) is 11.4 Å². The minimum absolute atomic E-state index is 0.0238. The highest BCUT2D eigenvalue weighted by molar-refractivity contribution is 7.98. The smallest absolute Gasteiger partial charge is 0.274 e. The fraction of sp³-hybridized carbons (Fsp3) is 0.444. The van der Waals surface area contributed by atoms with Gasteiger partial charge >= 0.3 is 0 Å². The number of hydrogen-bond acceptors (Lipinski definition) is 5. The standard InChI is InChI=1S/C9H11ClN4O2S/c1-4-5(10)7(16)14(6(4)15)8-11-9(17-3)13(2)12-8/h6,15H,1-3H3. The summed E-state index contributed by atoms with van der Waals surface area (Å²) >= 11 is 7.20. The number of halogens is 1. The van der Waals surface area contributed by atoms with E-state index in [0.717, 1.165) is 4.90 Å². The van der Waals surface area contributed by atoms with Crippen molar-refractivity contribution in [1.82, 2.24) is 14.8 Å². The molecular weight excluding hydrogens is 264 g/mol. The van der Waals surface area contributed by atoms with Gasteiger partial charge in [0.2, 0.25) is 0 Å². The van der Waals surface area contributed by atoms with Gasteiger partial charge in [-0.3, -0.25) is 4.79 Å². The number of aryl methyl sites for hydroxylation is 1. The summed E-state index contributed by atoms with van der Waals surface area (Å²) < 4.78 is 1.54. The Kier molecular flexibility index (Phi) is 3.15. The van der Waals surface area contributed by atoms with E-state index in [1.165, 1.54) is 11.8 Å². The molecule has 2 rings (SSSR count). The van der Waals surface area contributed by atoms with Gasteiger partial charge in [0.1, 0.15) is 5.03 Å². The molecule has 1 aliphatic rings. The lowest BCUT2D eigenvalue weighted by Crippen LogP contribution is -2.36.